The number of thiophene rings is 1. The van der Waals surface area contributed by atoms with E-state index in [9.17, 15) is 0 Å². The average molecular weight is 226 g/mol. The maximum Gasteiger partial charge on any atom is 0.193 e. The molecule has 74 valence electrons. The molecule has 4 heteroatoms. The van der Waals surface area contributed by atoms with E-state index in [2.05, 4.69) is 24.5 Å². The van der Waals surface area contributed by atoms with Crippen molar-refractivity contribution in [2.45, 2.75) is 6.29 Å². The van der Waals surface area contributed by atoms with Gasteiger partial charge in [0.1, 0.15) is 0 Å². The van der Waals surface area contributed by atoms with E-state index in [1.165, 1.54) is 0 Å². The Kier molecular flexibility index (Phi) is 3.49. The van der Waals surface area contributed by atoms with Crippen LogP contribution in [0.3, 0.4) is 0 Å². The molecule has 0 N–H and O–H groups in total. The minimum atomic E-state index is -0.174. The lowest BCUT2D eigenvalue weighted by atomic mass is 10.3. The Morgan fingerprint density at radius 3 is 3.00 bits per heavy atom. The number of rotatable bonds is 1. The van der Waals surface area contributed by atoms with Crippen molar-refractivity contribution in [3.8, 4) is 11.8 Å². The second-order valence-corrected chi connectivity index (χ2v) is 4.03. The number of thiol groups is 1. The zero-order chi connectivity index (χ0) is 9.80. The predicted molar refractivity (Wildman–Crippen MR) is 59.7 cm³/mol. The van der Waals surface area contributed by atoms with Crippen LogP contribution in [0.2, 0.25) is 0 Å². The molecule has 0 bridgehead atoms. The van der Waals surface area contributed by atoms with Gasteiger partial charge in [0, 0.05) is 10.9 Å². The first-order valence-corrected chi connectivity index (χ1v) is 5.83. The maximum atomic E-state index is 5.38. The van der Waals surface area contributed by atoms with E-state index < -0.39 is 0 Å². The predicted octanol–water partition coefficient (Wildman–Crippen LogP) is 2.07. The Morgan fingerprint density at radius 2 is 2.29 bits per heavy atom. The molecule has 1 aliphatic heterocycles. The van der Waals surface area contributed by atoms with E-state index in [1.807, 2.05) is 11.4 Å². The summed E-state index contributed by atoms with van der Waals surface area (Å²) in [6, 6.07) is 2.01. The second-order valence-electron chi connectivity index (χ2n) is 2.77. The van der Waals surface area contributed by atoms with Gasteiger partial charge in [-0.3, -0.25) is 0 Å². The van der Waals surface area contributed by atoms with Crippen LogP contribution in [0, 0.1) is 11.8 Å². The van der Waals surface area contributed by atoms with Gasteiger partial charge in [0.05, 0.1) is 23.8 Å². The Bertz CT molecular complexity index is 356. The molecule has 0 unspecified atom stereocenters. The SMILES string of the molecule is SCC#Cc1csc(C2OCCO2)c1. The molecule has 0 aromatic carbocycles. The summed E-state index contributed by atoms with van der Waals surface area (Å²) in [7, 11) is 0. The van der Waals surface area contributed by atoms with E-state index in [0.29, 0.717) is 19.0 Å². The van der Waals surface area contributed by atoms with Crippen molar-refractivity contribution in [1.29, 1.82) is 0 Å². The normalized spacial score (nSPS) is 16.6. The summed E-state index contributed by atoms with van der Waals surface area (Å²) in [5, 5.41) is 2.01. The number of ether oxygens (including phenoxy) is 2. The Morgan fingerprint density at radius 1 is 1.50 bits per heavy atom. The van der Waals surface area contributed by atoms with Gasteiger partial charge in [-0.25, -0.2) is 0 Å². The van der Waals surface area contributed by atoms with Gasteiger partial charge in [-0.05, 0) is 6.07 Å². The minimum absolute atomic E-state index is 0.174. The van der Waals surface area contributed by atoms with Crippen molar-refractivity contribution in [1.82, 2.24) is 0 Å². The van der Waals surface area contributed by atoms with Crippen LogP contribution in [-0.4, -0.2) is 19.0 Å². The molecule has 1 aromatic heterocycles. The van der Waals surface area contributed by atoms with Crippen LogP contribution in [0.1, 0.15) is 16.7 Å². The zero-order valence-electron chi connectivity index (χ0n) is 7.53. The van der Waals surface area contributed by atoms with Crippen molar-refractivity contribution < 1.29 is 9.47 Å². The first-order chi connectivity index (χ1) is 6.90. The van der Waals surface area contributed by atoms with Crippen molar-refractivity contribution in [2.75, 3.05) is 19.0 Å². The van der Waals surface area contributed by atoms with Gasteiger partial charge in [0.2, 0.25) is 0 Å². The fraction of sp³-hybridized carbons (Fsp3) is 0.400. The van der Waals surface area contributed by atoms with Crippen LogP contribution >= 0.6 is 24.0 Å². The summed E-state index contributed by atoms with van der Waals surface area (Å²) in [5.41, 5.74) is 1.01. The van der Waals surface area contributed by atoms with Gasteiger partial charge in [0.15, 0.2) is 6.29 Å². The molecular formula is C10H10O2S2. The average Bonchev–Trinajstić information content (AvgIpc) is 2.85. The van der Waals surface area contributed by atoms with Gasteiger partial charge < -0.3 is 9.47 Å². The molecule has 2 nitrogen and oxygen atoms in total. The van der Waals surface area contributed by atoms with Gasteiger partial charge in [-0.2, -0.15) is 12.6 Å². The molecule has 1 aliphatic rings. The molecule has 1 aromatic rings. The van der Waals surface area contributed by atoms with E-state index >= 15 is 0 Å². The summed E-state index contributed by atoms with van der Waals surface area (Å²) < 4.78 is 10.8. The van der Waals surface area contributed by atoms with Gasteiger partial charge in [-0.15, -0.1) is 11.3 Å². The van der Waals surface area contributed by atoms with Crippen LogP contribution < -0.4 is 0 Å². The zero-order valence-corrected chi connectivity index (χ0v) is 9.24. The Balaban J connectivity index is 2.08. The standard InChI is InChI=1S/C10H10O2S2/c13-5-1-2-8-6-9(14-7-8)10-11-3-4-12-10/h6-7,10,13H,3-5H2. The molecule has 0 saturated carbocycles. The number of hydrogen-bond donors (Lipinski definition) is 1. The first-order valence-electron chi connectivity index (χ1n) is 4.31. The summed E-state index contributed by atoms with van der Waals surface area (Å²) in [5.74, 6) is 6.50. The fourth-order valence-electron chi connectivity index (χ4n) is 1.21. The molecular weight excluding hydrogens is 216 g/mol. The van der Waals surface area contributed by atoms with Crippen molar-refractivity contribution in [3.05, 3.63) is 21.9 Å². The first kappa shape index (κ1) is 10.1. The lowest BCUT2D eigenvalue weighted by molar-refractivity contribution is -0.0413. The topological polar surface area (TPSA) is 18.5 Å². The van der Waals surface area contributed by atoms with Crippen molar-refractivity contribution >= 4 is 24.0 Å². The molecule has 2 rings (SSSR count). The van der Waals surface area contributed by atoms with Crippen molar-refractivity contribution in [2.24, 2.45) is 0 Å². The van der Waals surface area contributed by atoms with E-state index in [0.717, 1.165) is 10.4 Å². The van der Waals surface area contributed by atoms with Gasteiger partial charge in [0.25, 0.3) is 0 Å². The third-order valence-corrected chi connectivity index (χ3v) is 2.90. The van der Waals surface area contributed by atoms with Gasteiger partial charge in [-0.1, -0.05) is 11.8 Å². The smallest absolute Gasteiger partial charge is 0.193 e. The summed E-state index contributed by atoms with van der Waals surface area (Å²) in [6.07, 6.45) is -0.174. The number of hydrogen-bond acceptors (Lipinski definition) is 4. The molecule has 1 saturated heterocycles. The molecule has 2 heterocycles. The van der Waals surface area contributed by atoms with E-state index in [1.54, 1.807) is 11.3 Å². The Hall–Kier alpha value is -0.470. The molecule has 0 radical (unpaired) electrons. The quantitative estimate of drug-likeness (QED) is 0.584. The second kappa shape index (κ2) is 4.85. The van der Waals surface area contributed by atoms with Crippen LogP contribution in [0.5, 0.6) is 0 Å². The van der Waals surface area contributed by atoms with Crippen LogP contribution in [0.25, 0.3) is 0 Å². The van der Waals surface area contributed by atoms with Crippen molar-refractivity contribution in [3.63, 3.8) is 0 Å². The minimum Gasteiger partial charge on any atom is -0.345 e. The molecule has 1 fully saturated rings. The molecule has 14 heavy (non-hydrogen) atoms. The lowest BCUT2D eigenvalue weighted by Crippen LogP contribution is -1.93. The molecule has 0 aliphatic carbocycles. The highest BCUT2D eigenvalue weighted by atomic mass is 32.1. The van der Waals surface area contributed by atoms with Crippen LogP contribution in [0.4, 0.5) is 0 Å². The monoisotopic (exact) mass is 226 g/mol. The van der Waals surface area contributed by atoms with E-state index in [4.69, 9.17) is 9.47 Å². The highest BCUT2D eigenvalue weighted by Gasteiger charge is 2.19. The largest absolute Gasteiger partial charge is 0.345 e. The summed E-state index contributed by atoms with van der Waals surface area (Å²) in [6.45, 7) is 1.36. The molecule has 0 atom stereocenters. The third-order valence-electron chi connectivity index (χ3n) is 1.79. The maximum absolute atomic E-state index is 5.38. The van der Waals surface area contributed by atoms with Crippen LogP contribution in [-0.2, 0) is 9.47 Å². The summed E-state index contributed by atoms with van der Waals surface area (Å²) >= 11 is 5.65. The third kappa shape index (κ3) is 2.31. The lowest BCUT2D eigenvalue weighted by Gasteiger charge is -2.03. The molecule has 0 amide bonds. The van der Waals surface area contributed by atoms with E-state index in [-0.39, 0.29) is 6.29 Å². The highest BCUT2D eigenvalue weighted by molar-refractivity contribution is 7.80. The Labute approximate surface area is 92.6 Å². The van der Waals surface area contributed by atoms with Crippen LogP contribution in [0.15, 0.2) is 11.4 Å². The summed E-state index contributed by atoms with van der Waals surface area (Å²) in [4.78, 5) is 1.09. The fourth-order valence-corrected chi connectivity index (χ4v) is 2.12. The molecule has 0 spiro atoms. The highest BCUT2D eigenvalue weighted by Crippen LogP contribution is 2.28. The van der Waals surface area contributed by atoms with Gasteiger partial charge >= 0.3 is 0 Å².